The van der Waals surface area contributed by atoms with Gasteiger partial charge in [0.15, 0.2) is 0 Å². The summed E-state index contributed by atoms with van der Waals surface area (Å²) in [5.74, 6) is 0.973. The van der Waals surface area contributed by atoms with Gasteiger partial charge >= 0.3 is 0 Å². The Hall–Kier alpha value is -1.46. The van der Waals surface area contributed by atoms with E-state index in [0.717, 1.165) is 50.1 Å². The summed E-state index contributed by atoms with van der Waals surface area (Å²) in [6, 6.07) is 10.7. The minimum Gasteiger partial charge on any atom is -0.346 e. The van der Waals surface area contributed by atoms with Crippen LogP contribution >= 0.6 is 11.5 Å². The van der Waals surface area contributed by atoms with E-state index in [9.17, 15) is 0 Å². The second-order valence-electron chi connectivity index (χ2n) is 5.45. The molecular weight excluding hydrogens is 280 g/mol. The molecule has 2 heterocycles. The number of aromatic nitrogens is 2. The van der Waals surface area contributed by atoms with Crippen LogP contribution in [0.25, 0.3) is 0 Å². The van der Waals surface area contributed by atoms with Crippen LogP contribution in [0.3, 0.4) is 0 Å². The van der Waals surface area contributed by atoms with Gasteiger partial charge in [-0.2, -0.15) is 4.37 Å². The SMILES string of the molecule is CCc1nsc(N2CCCN(Cc3ccccc3)CC2)n1. The Morgan fingerprint density at radius 3 is 2.71 bits per heavy atom. The van der Waals surface area contributed by atoms with Gasteiger partial charge in [-0.1, -0.05) is 37.3 Å². The lowest BCUT2D eigenvalue weighted by molar-refractivity contribution is 0.285. The van der Waals surface area contributed by atoms with Crippen molar-refractivity contribution in [3.05, 3.63) is 41.7 Å². The molecule has 2 aromatic rings. The van der Waals surface area contributed by atoms with Crippen LogP contribution in [-0.4, -0.2) is 40.4 Å². The van der Waals surface area contributed by atoms with E-state index in [0.29, 0.717) is 0 Å². The van der Waals surface area contributed by atoms with Crippen molar-refractivity contribution in [1.29, 1.82) is 0 Å². The lowest BCUT2D eigenvalue weighted by Gasteiger charge is -2.21. The summed E-state index contributed by atoms with van der Waals surface area (Å²) in [5, 5.41) is 1.09. The summed E-state index contributed by atoms with van der Waals surface area (Å²) < 4.78 is 4.40. The lowest BCUT2D eigenvalue weighted by atomic mass is 10.2. The van der Waals surface area contributed by atoms with Crippen molar-refractivity contribution in [1.82, 2.24) is 14.3 Å². The first-order valence-electron chi connectivity index (χ1n) is 7.69. The normalized spacial score (nSPS) is 16.9. The number of nitrogens with zero attached hydrogens (tertiary/aromatic N) is 4. The molecule has 1 aliphatic heterocycles. The molecule has 0 unspecified atom stereocenters. The third kappa shape index (κ3) is 3.80. The number of hydrogen-bond donors (Lipinski definition) is 0. The molecule has 0 aliphatic carbocycles. The Labute approximate surface area is 130 Å². The number of anilines is 1. The van der Waals surface area contributed by atoms with Gasteiger partial charge in [-0.05, 0) is 12.0 Å². The zero-order valence-corrected chi connectivity index (χ0v) is 13.4. The van der Waals surface area contributed by atoms with Crippen LogP contribution in [0.5, 0.6) is 0 Å². The molecular formula is C16H22N4S. The van der Waals surface area contributed by atoms with Gasteiger partial charge in [0.05, 0.1) is 0 Å². The van der Waals surface area contributed by atoms with Gasteiger partial charge in [0.1, 0.15) is 5.82 Å². The van der Waals surface area contributed by atoms with Crippen LogP contribution in [-0.2, 0) is 13.0 Å². The van der Waals surface area contributed by atoms with Crippen LogP contribution in [0.1, 0.15) is 24.7 Å². The minimum atomic E-state index is 0.921. The quantitative estimate of drug-likeness (QED) is 0.869. The molecule has 0 spiro atoms. The molecule has 3 rings (SSSR count). The summed E-state index contributed by atoms with van der Waals surface area (Å²) in [4.78, 5) is 9.55. The van der Waals surface area contributed by atoms with Crippen molar-refractivity contribution in [2.45, 2.75) is 26.3 Å². The second kappa shape index (κ2) is 7.00. The van der Waals surface area contributed by atoms with Crippen molar-refractivity contribution in [2.75, 3.05) is 31.1 Å². The van der Waals surface area contributed by atoms with E-state index in [1.165, 1.54) is 12.0 Å². The Balaban J connectivity index is 1.59. The van der Waals surface area contributed by atoms with Gasteiger partial charge in [-0.3, -0.25) is 4.90 Å². The van der Waals surface area contributed by atoms with Gasteiger partial charge < -0.3 is 4.90 Å². The Morgan fingerprint density at radius 2 is 1.95 bits per heavy atom. The average molecular weight is 302 g/mol. The topological polar surface area (TPSA) is 32.3 Å². The summed E-state index contributed by atoms with van der Waals surface area (Å²) in [6.45, 7) is 7.54. The van der Waals surface area contributed by atoms with E-state index in [1.807, 2.05) is 0 Å². The van der Waals surface area contributed by atoms with E-state index in [-0.39, 0.29) is 0 Å². The summed E-state index contributed by atoms with van der Waals surface area (Å²) in [5.41, 5.74) is 1.40. The monoisotopic (exact) mass is 302 g/mol. The van der Waals surface area contributed by atoms with Crippen LogP contribution in [0, 0.1) is 0 Å². The fraction of sp³-hybridized carbons (Fsp3) is 0.500. The minimum absolute atomic E-state index is 0.921. The van der Waals surface area contributed by atoms with Crippen molar-refractivity contribution < 1.29 is 0 Å². The van der Waals surface area contributed by atoms with Crippen LogP contribution < -0.4 is 4.90 Å². The highest BCUT2D eigenvalue weighted by Gasteiger charge is 2.18. The second-order valence-corrected chi connectivity index (χ2v) is 6.18. The summed E-state index contributed by atoms with van der Waals surface area (Å²) >= 11 is 1.54. The lowest BCUT2D eigenvalue weighted by Crippen LogP contribution is -2.30. The van der Waals surface area contributed by atoms with Gasteiger partial charge in [-0.15, -0.1) is 0 Å². The van der Waals surface area contributed by atoms with E-state index < -0.39 is 0 Å². The molecule has 4 nitrogen and oxygen atoms in total. The summed E-state index contributed by atoms with van der Waals surface area (Å²) in [7, 11) is 0. The molecule has 5 heteroatoms. The van der Waals surface area contributed by atoms with Crippen molar-refractivity contribution in [3.8, 4) is 0 Å². The first kappa shape index (κ1) is 14.5. The fourth-order valence-electron chi connectivity index (χ4n) is 2.68. The molecule has 21 heavy (non-hydrogen) atoms. The number of benzene rings is 1. The predicted molar refractivity (Wildman–Crippen MR) is 87.8 cm³/mol. The van der Waals surface area contributed by atoms with E-state index in [4.69, 9.17) is 0 Å². The zero-order chi connectivity index (χ0) is 14.5. The molecule has 1 aromatic heterocycles. The Morgan fingerprint density at radius 1 is 1.10 bits per heavy atom. The summed E-state index contributed by atoms with van der Waals surface area (Å²) in [6.07, 6.45) is 2.11. The van der Waals surface area contributed by atoms with Crippen molar-refractivity contribution in [3.63, 3.8) is 0 Å². The number of rotatable bonds is 4. The third-order valence-electron chi connectivity index (χ3n) is 3.88. The highest BCUT2D eigenvalue weighted by molar-refractivity contribution is 7.09. The third-order valence-corrected chi connectivity index (χ3v) is 4.70. The highest BCUT2D eigenvalue weighted by Crippen LogP contribution is 2.19. The van der Waals surface area contributed by atoms with Crippen molar-refractivity contribution in [2.24, 2.45) is 0 Å². The molecule has 1 saturated heterocycles. The molecule has 0 bridgehead atoms. The standard InChI is InChI=1S/C16H22N4S/c1-2-15-17-16(21-18-15)20-10-6-9-19(11-12-20)13-14-7-4-3-5-8-14/h3-5,7-8H,2,6,9-13H2,1H3. The number of aryl methyl sites for hydroxylation is 1. The van der Waals surface area contributed by atoms with E-state index in [2.05, 4.69) is 56.4 Å². The molecule has 1 aliphatic rings. The van der Waals surface area contributed by atoms with Gasteiger partial charge in [0.25, 0.3) is 0 Å². The average Bonchev–Trinajstić information content (AvgIpc) is 2.89. The van der Waals surface area contributed by atoms with E-state index >= 15 is 0 Å². The van der Waals surface area contributed by atoms with Gasteiger partial charge in [0, 0.05) is 50.7 Å². The molecule has 0 radical (unpaired) electrons. The molecule has 112 valence electrons. The molecule has 0 saturated carbocycles. The maximum Gasteiger partial charge on any atom is 0.205 e. The van der Waals surface area contributed by atoms with Crippen molar-refractivity contribution >= 4 is 16.7 Å². The zero-order valence-electron chi connectivity index (χ0n) is 12.5. The smallest absolute Gasteiger partial charge is 0.205 e. The molecule has 1 fully saturated rings. The van der Waals surface area contributed by atoms with Crippen LogP contribution in [0.2, 0.25) is 0 Å². The molecule has 1 aromatic carbocycles. The Kier molecular flexibility index (Phi) is 4.83. The molecule has 0 atom stereocenters. The largest absolute Gasteiger partial charge is 0.346 e. The van der Waals surface area contributed by atoms with Crippen LogP contribution in [0.15, 0.2) is 30.3 Å². The first-order chi connectivity index (χ1) is 10.3. The van der Waals surface area contributed by atoms with E-state index in [1.54, 1.807) is 11.5 Å². The number of hydrogen-bond acceptors (Lipinski definition) is 5. The maximum atomic E-state index is 4.62. The molecule has 0 N–H and O–H groups in total. The highest BCUT2D eigenvalue weighted by atomic mass is 32.1. The van der Waals surface area contributed by atoms with Crippen LogP contribution in [0.4, 0.5) is 5.13 Å². The first-order valence-corrected chi connectivity index (χ1v) is 8.46. The molecule has 0 amide bonds. The maximum absolute atomic E-state index is 4.62. The van der Waals surface area contributed by atoms with Gasteiger partial charge in [0.2, 0.25) is 5.13 Å². The fourth-order valence-corrected chi connectivity index (χ4v) is 3.48. The Bertz CT molecular complexity index is 554. The van der Waals surface area contributed by atoms with Gasteiger partial charge in [-0.25, -0.2) is 4.98 Å². The predicted octanol–water partition coefficient (Wildman–Crippen LogP) is 2.81.